The number of rotatable bonds is 5. The van der Waals surface area contributed by atoms with Crippen LogP contribution in [0.5, 0.6) is 0 Å². The molecule has 1 rings (SSSR count). The molecule has 0 spiro atoms. The molecule has 0 aliphatic heterocycles. The molecule has 1 N–H and O–H groups in total. The van der Waals surface area contributed by atoms with E-state index in [-0.39, 0.29) is 0 Å². The van der Waals surface area contributed by atoms with E-state index in [2.05, 4.69) is 51.9 Å². The summed E-state index contributed by atoms with van der Waals surface area (Å²) in [6, 6.07) is 2.03. The fourth-order valence-corrected chi connectivity index (χ4v) is 3.30. The molecule has 3 atom stereocenters. The second-order valence-electron chi connectivity index (χ2n) is 6.41. The molecule has 0 amide bonds. The standard InChI is InChI=1S/C15H32N2/c1-7-12(3)17(6)13-10-9-11-15(4,5)14(13)16-8-2/h12-14,16H,7-11H2,1-6H3. The van der Waals surface area contributed by atoms with Crippen molar-refractivity contribution in [2.75, 3.05) is 13.6 Å². The van der Waals surface area contributed by atoms with Crippen LogP contribution in [0.2, 0.25) is 0 Å². The van der Waals surface area contributed by atoms with Gasteiger partial charge in [0.25, 0.3) is 0 Å². The molecule has 0 bridgehead atoms. The minimum atomic E-state index is 0.431. The minimum absolute atomic E-state index is 0.431. The molecule has 0 saturated heterocycles. The Morgan fingerprint density at radius 1 is 1.35 bits per heavy atom. The van der Waals surface area contributed by atoms with Gasteiger partial charge in [-0.1, -0.05) is 34.1 Å². The molecular formula is C15H32N2. The molecule has 0 heterocycles. The molecule has 102 valence electrons. The third kappa shape index (κ3) is 3.45. The maximum Gasteiger partial charge on any atom is 0.0274 e. The lowest BCUT2D eigenvalue weighted by Gasteiger charge is -2.49. The number of nitrogens with zero attached hydrogens (tertiary/aromatic N) is 1. The SMILES string of the molecule is CCNC1C(N(C)C(C)CC)CCCC1(C)C. The molecule has 3 unspecified atom stereocenters. The van der Waals surface area contributed by atoms with Crippen LogP contribution >= 0.6 is 0 Å². The van der Waals surface area contributed by atoms with Crippen molar-refractivity contribution in [2.45, 2.75) is 78.4 Å². The smallest absolute Gasteiger partial charge is 0.0274 e. The average molecular weight is 240 g/mol. The van der Waals surface area contributed by atoms with Gasteiger partial charge in [-0.2, -0.15) is 0 Å². The molecule has 17 heavy (non-hydrogen) atoms. The zero-order valence-corrected chi connectivity index (χ0v) is 12.7. The van der Waals surface area contributed by atoms with Crippen LogP contribution in [0.1, 0.15) is 60.3 Å². The van der Waals surface area contributed by atoms with Gasteiger partial charge in [-0.25, -0.2) is 0 Å². The maximum absolute atomic E-state index is 3.74. The van der Waals surface area contributed by atoms with Crippen LogP contribution in [0, 0.1) is 5.41 Å². The van der Waals surface area contributed by atoms with Crippen LogP contribution in [0.3, 0.4) is 0 Å². The summed E-state index contributed by atoms with van der Waals surface area (Å²) in [6.45, 7) is 12.8. The molecule has 1 fully saturated rings. The normalized spacial score (nSPS) is 30.5. The highest BCUT2D eigenvalue weighted by Gasteiger charge is 2.40. The Balaban J connectivity index is 2.79. The van der Waals surface area contributed by atoms with E-state index in [4.69, 9.17) is 0 Å². The van der Waals surface area contributed by atoms with E-state index < -0.39 is 0 Å². The zero-order chi connectivity index (χ0) is 13.1. The maximum atomic E-state index is 3.74. The van der Waals surface area contributed by atoms with Crippen LogP contribution in [0.4, 0.5) is 0 Å². The van der Waals surface area contributed by atoms with Crippen molar-refractivity contribution >= 4 is 0 Å². The van der Waals surface area contributed by atoms with Gasteiger partial charge in [0.1, 0.15) is 0 Å². The zero-order valence-electron chi connectivity index (χ0n) is 12.7. The number of nitrogens with one attached hydrogen (secondary N) is 1. The van der Waals surface area contributed by atoms with Gasteiger partial charge in [0, 0.05) is 18.1 Å². The van der Waals surface area contributed by atoms with Crippen LogP contribution in [0.25, 0.3) is 0 Å². The van der Waals surface area contributed by atoms with Crippen molar-refractivity contribution in [1.29, 1.82) is 0 Å². The Bertz CT molecular complexity index is 225. The molecule has 1 aliphatic rings. The monoisotopic (exact) mass is 240 g/mol. The molecule has 1 aliphatic carbocycles. The van der Waals surface area contributed by atoms with Gasteiger partial charge in [0.05, 0.1) is 0 Å². The summed E-state index contributed by atoms with van der Waals surface area (Å²) in [7, 11) is 2.31. The Labute approximate surface area is 108 Å². The molecule has 0 aromatic carbocycles. The van der Waals surface area contributed by atoms with Crippen LogP contribution in [-0.4, -0.2) is 36.6 Å². The summed E-state index contributed by atoms with van der Waals surface area (Å²) in [5, 5.41) is 3.74. The van der Waals surface area contributed by atoms with E-state index in [0.29, 0.717) is 23.5 Å². The Morgan fingerprint density at radius 3 is 2.53 bits per heavy atom. The van der Waals surface area contributed by atoms with Crippen LogP contribution in [-0.2, 0) is 0 Å². The van der Waals surface area contributed by atoms with Gasteiger partial charge in [0.2, 0.25) is 0 Å². The van der Waals surface area contributed by atoms with Crippen LogP contribution < -0.4 is 5.32 Å². The van der Waals surface area contributed by atoms with Gasteiger partial charge >= 0.3 is 0 Å². The van der Waals surface area contributed by atoms with Crippen molar-refractivity contribution < 1.29 is 0 Å². The van der Waals surface area contributed by atoms with Gasteiger partial charge in [0.15, 0.2) is 0 Å². The highest BCUT2D eigenvalue weighted by Crippen LogP contribution is 2.38. The first-order chi connectivity index (χ1) is 7.94. The Kier molecular flexibility index (Phi) is 5.46. The largest absolute Gasteiger partial charge is 0.312 e. The molecule has 2 heteroatoms. The van der Waals surface area contributed by atoms with Crippen molar-refractivity contribution in [3.63, 3.8) is 0 Å². The van der Waals surface area contributed by atoms with Gasteiger partial charge in [-0.3, -0.25) is 4.90 Å². The molecular weight excluding hydrogens is 208 g/mol. The van der Waals surface area contributed by atoms with Crippen molar-refractivity contribution in [3.8, 4) is 0 Å². The third-order valence-corrected chi connectivity index (χ3v) is 4.78. The summed E-state index contributed by atoms with van der Waals surface area (Å²) < 4.78 is 0. The highest BCUT2D eigenvalue weighted by molar-refractivity contribution is 4.98. The predicted octanol–water partition coefficient (Wildman–Crippen LogP) is 3.27. The van der Waals surface area contributed by atoms with Gasteiger partial charge in [-0.05, 0) is 45.2 Å². The summed E-state index contributed by atoms with van der Waals surface area (Å²) in [5.41, 5.74) is 0.431. The number of hydrogen-bond acceptors (Lipinski definition) is 2. The summed E-state index contributed by atoms with van der Waals surface area (Å²) >= 11 is 0. The second-order valence-corrected chi connectivity index (χ2v) is 6.41. The lowest BCUT2D eigenvalue weighted by Crippen LogP contribution is -2.59. The molecule has 2 nitrogen and oxygen atoms in total. The molecule has 0 aromatic rings. The second kappa shape index (κ2) is 6.19. The van der Waals surface area contributed by atoms with Crippen molar-refractivity contribution in [3.05, 3.63) is 0 Å². The van der Waals surface area contributed by atoms with Crippen molar-refractivity contribution in [1.82, 2.24) is 10.2 Å². The first-order valence-corrected chi connectivity index (χ1v) is 7.39. The first kappa shape index (κ1) is 15.0. The quantitative estimate of drug-likeness (QED) is 0.793. The lowest BCUT2D eigenvalue weighted by molar-refractivity contribution is 0.0435. The summed E-state index contributed by atoms with van der Waals surface area (Å²) in [5.74, 6) is 0. The molecule has 1 saturated carbocycles. The van der Waals surface area contributed by atoms with E-state index in [1.807, 2.05) is 0 Å². The fourth-order valence-electron chi connectivity index (χ4n) is 3.30. The van der Waals surface area contributed by atoms with Gasteiger partial charge < -0.3 is 5.32 Å². The average Bonchev–Trinajstić information content (AvgIpc) is 2.29. The summed E-state index contributed by atoms with van der Waals surface area (Å²) in [6.07, 6.45) is 5.32. The number of hydrogen-bond donors (Lipinski definition) is 1. The van der Waals surface area contributed by atoms with E-state index in [9.17, 15) is 0 Å². The minimum Gasteiger partial charge on any atom is -0.312 e. The summed E-state index contributed by atoms with van der Waals surface area (Å²) in [4.78, 5) is 2.61. The Hall–Kier alpha value is -0.0800. The molecule has 0 aromatic heterocycles. The topological polar surface area (TPSA) is 15.3 Å². The lowest BCUT2D eigenvalue weighted by atomic mass is 9.70. The molecule has 0 radical (unpaired) electrons. The number of likely N-dealkylation sites (N-methyl/N-ethyl adjacent to an activating group) is 2. The predicted molar refractivity (Wildman–Crippen MR) is 76.4 cm³/mol. The van der Waals surface area contributed by atoms with E-state index in [1.165, 1.54) is 25.7 Å². The van der Waals surface area contributed by atoms with Gasteiger partial charge in [-0.15, -0.1) is 0 Å². The van der Waals surface area contributed by atoms with E-state index in [0.717, 1.165) is 6.54 Å². The first-order valence-electron chi connectivity index (χ1n) is 7.39. The van der Waals surface area contributed by atoms with E-state index >= 15 is 0 Å². The van der Waals surface area contributed by atoms with Crippen LogP contribution in [0.15, 0.2) is 0 Å². The van der Waals surface area contributed by atoms with E-state index in [1.54, 1.807) is 0 Å². The highest BCUT2D eigenvalue weighted by atomic mass is 15.2. The van der Waals surface area contributed by atoms with Crippen molar-refractivity contribution in [2.24, 2.45) is 5.41 Å². The fraction of sp³-hybridized carbons (Fsp3) is 1.00. The Morgan fingerprint density at radius 2 is 2.00 bits per heavy atom. The third-order valence-electron chi connectivity index (χ3n) is 4.78.